The van der Waals surface area contributed by atoms with Crippen molar-refractivity contribution in [3.8, 4) is 0 Å². The summed E-state index contributed by atoms with van der Waals surface area (Å²) in [4.78, 5) is 2.33. The van der Waals surface area contributed by atoms with Gasteiger partial charge < -0.3 is 4.74 Å². The van der Waals surface area contributed by atoms with E-state index in [2.05, 4.69) is 25.6 Å². The number of rotatable bonds is 6. The Bertz CT molecular complexity index is 543. The third kappa shape index (κ3) is 4.95. The molecule has 3 N–H and O–H groups in total. The van der Waals surface area contributed by atoms with E-state index in [1.165, 1.54) is 18.0 Å². The molecule has 0 amide bonds. The second-order valence-corrected chi connectivity index (χ2v) is 9.05. The Morgan fingerprint density at radius 2 is 2.20 bits per heavy atom. The fourth-order valence-electron chi connectivity index (χ4n) is 1.69. The minimum Gasteiger partial charge on any atom is -0.379 e. The van der Waals surface area contributed by atoms with E-state index in [4.69, 9.17) is 9.88 Å². The normalized spacial score (nSPS) is 17.5. The highest BCUT2D eigenvalue weighted by molar-refractivity contribution is 9.10. The standard InChI is InChI=1S/C10H16BrN3O3S3/c11-8-7-9(20(12,15)16)18-10(8)19-13-1-2-14-3-5-17-6-4-14/h7,13H,1-6H2,(H2,12,15,16). The van der Waals surface area contributed by atoms with E-state index < -0.39 is 10.0 Å². The van der Waals surface area contributed by atoms with Crippen molar-refractivity contribution >= 4 is 49.2 Å². The Hall–Kier alpha value is 0.320. The van der Waals surface area contributed by atoms with Gasteiger partial charge in [-0.25, -0.2) is 13.6 Å². The molecule has 0 spiro atoms. The van der Waals surface area contributed by atoms with E-state index in [1.54, 1.807) is 0 Å². The average Bonchev–Trinajstić information content (AvgIpc) is 2.77. The summed E-state index contributed by atoms with van der Waals surface area (Å²) in [5.41, 5.74) is 0. The zero-order chi connectivity index (χ0) is 14.6. The van der Waals surface area contributed by atoms with Crippen molar-refractivity contribution in [1.82, 2.24) is 9.62 Å². The van der Waals surface area contributed by atoms with E-state index >= 15 is 0 Å². The summed E-state index contributed by atoms with van der Waals surface area (Å²) in [7, 11) is -3.63. The van der Waals surface area contributed by atoms with E-state index in [0.29, 0.717) is 0 Å². The molecule has 0 bridgehead atoms. The first kappa shape index (κ1) is 16.7. The molecule has 0 radical (unpaired) electrons. The van der Waals surface area contributed by atoms with E-state index in [0.717, 1.165) is 59.4 Å². The summed E-state index contributed by atoms with van der Waals surface area (Å²) in [6.45, 7) is 5.28. The van der Waals surface area contributed by atoms with Crippen LogP contribution in [0.25, 0.3) is 0 Å². The second kappa shape index (κ2) is 7.54. The van der Waals surface area contributed by atoms with Gasteiger partial charge in [-0.3, -0.25) is 9.62 Å². The third-order valence-electron chi connectivity index (χ3n) is 2.71. The number of morpholine rings is 1. The van der Waals surface area contributed by atoms with Crippen LogP contribution in [0.3, 0.4) is 0 Å². The number of primary sulfonamides is 1. The zero-order valence-corrected chi connectivity index (χ0v) is 14.7. The van der Waals surface area contributed by atoms with Crippen LogP contribution in [-0.4, -0.2) is 52.7 Å². The molecular formula is C10H16BrN3O3S3. The van der Waals surface area contributed by atoms with Crippen molar-refractivity contribution in [3.63, 3.8) is 0 Å². The van der Waals surface area contributed by atoms with Gasteiger partial charge in [-0.15, -0.1) is 11.3 Å². The zero-order valence-electron chi connectivity index (χ0n) is 10.7. The Kier molecular flexibility index (Phi) is 6.29. The van der Waals surface area contributed by atoms with Gasteiger partial charge >= 0.3 is 0 Å². The molecule has 10 heteroatoms. The Morgan fingerprint density at radius 3 is 2.80 bits per heavy atom. The lowest BCUT2D eigenvalue weighted by atomic mass is 10.4. The van der Waals surface area contributed by atoms with Crippen molar-refractivity contribution in [2.24, 2.45) is 5.14 Å². The number of thiophene rings is 1. The topological polar surface area (TPSA) is 84.7 Å². The predicted molar refractivity (Wildman–Crippen MR) is 84.5 cm³/mol. The molecule has 0 unspecified atom stereocenters. The van der Waals surface area contributed by atoms with Gasteiger partial charge in [0.05, 0.1) is 17.4 Å². The van der Waals surface area contributed by atoms with Crippen molar-refractivity contribution in [2.45, 2.75) is 8.42 Å². The molecule has 114 valence electrons. The predicted octanol–water partition coefficient (Wildman–Crippen LogP) is 1.09. The summed E-state index contributed by atoms with van der Waals surface area (Å²) in [6, 6.07) is 1.53. The molecule has 6 nitrogen and oxygen atoms in total. The number of nitrogens with two attached hydrogens (primary N) is 1. The van der Waals surface area contributed by atoms with Gasteiger partial charge in [0.1, 0.15) is 4.21 Å². The van der Waals surface area contributed by atoms with Crippen molar-refractivity contribution in [2.75, 3.05) is 39.4 Å². The van der Waals surface area contributed by atoms with Gasteiger partial charge in [0.25, 0.3) is 0 Å². The fraction of sp³-hybridized carbons (Fsp3) is 0.600. The van der Waals surface area contributed by atoms with Crippen molar-refractivity contribution in [3.05, 3.63) is 10.5 Å². The van der Waals surface area contributed by atoms with Crippen LogP contribution in [0.5, 0.6) is 0 Å². The Morgan fingerprint density at radius 1 is 1.50 bits per heavy atom. The molecule has 1 fully saturated rings. The molecule has 2 heterocycles. The quantitative estimate of drug-likeness (QED) is 0.548. The number of nitrogens with one attached hydrogen (secondary N) is 1. The second-order valence-electron chi connectivity index (χ2n) is 4.20. The van der Waals surface area contributed by atoms with Gasteiger partial charge in [0.2, 0.25) is 10.0 Å². The molecule has 1 aromatic heterocycles. The molecule has 2 rings (SSSR count). The van der Waals surface area contributed by atoms with E-state index in [9.17, 15) is 8.42 Å². The van der Waals surface area contributed by atoms with Gasteiger partial charge in [-0.05, 0) is 33.9 Å². The number of hydrogen-bond donors (Lipinski definition) is 2. The fourth-order valence-corrected chi connectivity index (χ4v) is 5.47. The smallest absolute Gasteiger partial charge is 0.247 e. The summed E-state index contributed by atoms with van der Waals surface area (Å²) >= 11 is 5.92. The molecule has 1 aromatic rings. The van der Waals surface area contributed by atoms with Crippen LogP contribution in [0.15, 0.2) is 19.0 Å². The lowest BCUT2D eigenvalue weighted by Gasteiger charge is -2.26. The Labute approximate surface area is 135 Å². The molecular weight excluding hydrogens is 386 g/mol. The van der Waals surface area contributed by atoms with Crippen LogP contribution >= 0.6 is 39.2 Å². The van der Waals surface area contributed by atoms with Crippen molar-refractivity contribution in [1.29, 1.82) is 0 Å². The van der Waals surface area contributed by atoms with Gasteiger partial charge in [-0.2, -0.15) is 0 Å². The lowest BCUT2D eigenvalue weighted by molar-refractivity contribution is 0.0391. The van der Waals surface area contributed by atoms with Crippen LogP contribution in [0.2, 0.25) is 0 Å². The number of hydrogen-bond acceptors (Lipinski definition) is 7. The van der Waals surface area contributed by atoms with E-state index in [1.807, 2.05) is 0 Å². The molecule has 0 aromatic carbocycles. The van der Waals surface area contributed by atoms with Gasteiger partial charge in [0.15, 0.2) is 0 Å². The maximum Gasteiger partial charge on any atom is 0.247 e. The lowest BCUT2D eigenvalue weighted by Crippen LogP contribution is -2.39. The molecule has 1 aliphatic rings. The maximum absolute atomic E-state index is 11.3. The number of halogens is 1. The van der Waals surface area contributed by atoms with Crippen LogP contribution in [0.4, 0.5) is 0 Å². The van der Waals surface area contributed by atoms with Crippen LogP contribution in [0, 0.1) is 0 Å². The first-order valence-electron chi connectivity index (χ1n) is 5.99. The average molecular weight is 402 g/mol. The molecule has 0 atom stereocenters. The summed E-state index contributed by atoms with van der Waals surface area (Å²) in [5.74, 6) is 0. The molecule has 20 heavy (non-hydrogen) atoms. The highest BCUT2D eigenvalue weighted by atomic mass is 79.9. The van der Waals surface area contributed by atoms with Crippen molar-refractivity contribution < 1.29 is 13.2 Å². The third-order valence-corrected chi connectivity index (χ3v) is 7.47. The summed E-state index contributed by atoms with van der Waals surface area (Å²) in [6.07, 6.45) is 0. The first-order chi connectivity index (χ1) is 9.47. The Balaban J connectivity index is 1.78. The summed E-state index contributed by atoms with van der Waals surface area (Å²) < 4.78 is 32.8. The van der Waals surface area contributed by atoms with Gasteiger partial charge in [-0.1, -0.05) is 0 Å². The molecule has 0 aliphatic carbocycles. The molecule has 1 aliphatic heterocycles. The molecule has 1 saturated heterocycles. The van der Waals surface area contributed by atoms with Crippen LogP contribution in [0.1, 0.15) is 0 Å². The number of ether oxygens (including phenoxy) is 1. The SMILES string of the molecule is NS(=O)(=O)c1cc(Br)c(SNCCN2CCOCC2)s1. The van der Waals surface area contributed by atoms with Gasteiger partial charge in [0, 0.05) is 30.7 Å². The number of nitrogens with zero attached hydrogens (tertiary/aromatic N) is 1. The molecule has 0 saturated carbocycles. The summed E-state index contributed by atoms with van der Waals surface area (Å²) in [5, 5.41) is 5.10. The number of sulfonamides is 1. The first-order valence-corrected chi connectivity index (χ1v) is 9.96. The minimum atomic E-state index is -3.63. The minimum absolute atomic E-state index is 0.168. The van der Waals surface area contributed by atoms with E-state index in [-0.39, 0.29) is 4.21 Å². The van der Waals surface area contributed by atoms with Crippen LogP contribution in [-0.2, 0) is 14.8 Å². The highest BCUT2D eigenvalue weighted by Gasteiger charge is 2.16. The monoisotopic (exact) mass is 401 g/mol. The maximum atomic E-state index is 11.3. The van der Waals surface area contributed by atoms with Crippen LogP contribution < -0.4 is 9.86 Å². The highest BCUT2D eigenvalue weighted by Crippen LogP contribution is 2.36. The largest absolute Gasteiger partial charge is 0.379 e.